The zero-order chi connectivity index (χ0) is 19.2. The van der Waals surface area contributed by atoms with Gasteiger partial charge in [0.2, 0.25) is 12.7 Å². The van der Waals surface area contributed by atoms with Crippen molar-refractivity contribution in [2.75, 3.05) is 19.9 Å². The number of pyridine rings is 1. The van der Waals surface area contributed by atoms with Crippen molar-refractivity contribution in [1.29, 1.82) is 0 Å². The first-order valence-corrected chi connectivity index (χ1v) is 9.78. The molecule has 1 aliphatic carbocycles. The number of hydrogen-bond acceptors (Lipinski definition) is 5. The Balaban J connectivity index is 1.30. The highest BCUT2D eigenvalue weighted by molar-refractivity contribution is 5.79. The number of benzene rings is 1. The standard InChI is InChI=1S/C21H26N4O3/c1-2-22-21(24-10-16-5-7-18-19(9-16)28-14-27-18)25-12-17-6-8-20(23-11-17)26-13-15-3-4-15/h5-9,11,15H,2-4,10,12-14H2,1H3,(H2,22,24,25). The predicted molar refractivity (Wildman–Crippen MR) is 107 cm³/mol. The molecule has 7 heteroatoms. The molecule has 1 aliphatic heterocycles. The molecule has 1 saturated carbocycles. The van der Waals surface area contributed by atoms with Crippen molar-refractivity contribution in [2.24, 2.45) is 10.9 Å². The average Bonchev–Trinajstić information content (AvgIpc) is 3.44. The summed E-state index contributed by atoms with van der Waals surface area (Å²) < 4.78 is 16.5. The minimum absolute atomic E-state index is 0.286. The second-order valence-electron chi connectivity index (χ2n) is 7.00. The Hall–Kier alpha value is -2.96. The number of rotatable bonds is 8. The summed E-state index contributed by atoms with van der Waals surface area (Å²) in [7, 11) is 0. The maximum atomic E-state index is 5.68. The number of nitrogens with zero attached hydrogens (tertiary/aromatic N) is 2. The highest BCUT2D eigenvalue weighted by Gasteiger charge is 2.22. The second-order valence-corrected chi connectivity index (χ2v) is 7.00. The molecule has 7 nitrogen and oxygen atoms in total. The third-order valence-electron chi connectivity index (χ3n) is 4.62. The molecular formula is C21H26N4O3. The molecule has 28 heavy (non-hydrogen) atoms. The van der Waals surface area contributed by atoms with Crippen LogP contribution in [0, 0.1) is 5.92 Å². The lowest BCUT2D eigenvalue weighted by molar-refractivity contribution is 0.174. The van der Waals surface area contributed by atoms with Crippen LogP contribution in [0.25, 0.3) is 0 Å². The zero-order valence-electron chi connectivity index (χ0n) is 16.1. The molecule has 0 radical (unpaired) electrons. The normalized spacial score (nSPS) is 15.4. The van der Waals surface area contributed by atoms with Crippen LogP contribution in [0.1, 0.15) is 30.9 Å². The third kappa shape index (κ3) is 5.06. The molecule has 1 aromatic carbocycles. The molecule has 148 valence electrons. The summed E-state index contributed by atoms with van der Waals surface area (Å²) in [6.07, 6.45) is 4.38. The molecule has 2 heterocycles. The molecule has 0 saturated heterocycles. The van der Waals surface area contributed by atoms with E-state index in [0.717, 1.165) is 47.7 Å². The van der Waals surface area contributed by atoms with Crippen LogP contribution in [0.15, 0.2) is 41.5 Å². The average molecular weight is 382 g/mol. The lowest BCUT2D eigenvalue weighted by Crippen LogP contribution is -2.36. The summed E-state index contributed by atoms with van der Waals surface area (Å²) >= 11 is 0. The van der Waals surface area contributed by atoms with Crippen molar-refractivity contribution in [3.8, 4) is 17.4 Å². The minimum atomic E-state index is 0.286. The van der Waals surface area contributed by atoms with E-state index in [2.05, 4.69) is 20.6 Å². The SMILES string of the molecule is CCNC(=NCc1ccc(OCC2CC2)nc1)NCc1ccc2c(c1)OCO2. The molecular weight excluding hydrogens is 356 g/mol. The first-order valence-electron chi connectivity index (χ1n) is 9.78. The van der Waals surface area contributed by atoms with Crippen LogP contribution in [-0.4, -0.2) is 30.9 Å². The number of guanidine groups is 1. The molecule has 0 atom stereocenters. The fraction of sp³-hybridized carbons (Fsp3) is 0.429. The quantitative estimate of drug-likeness (QED) is 0.540. The summed E-state index contributed by atoms with van der Waals surface area (Å²) in [5, 5.41) is 6.61. The second kappa shape index (κ2) is 8.82. The topological polar surface area (TPSA) is 77.0 Å². The highest BCUT2D eigenvalue weighted by atomic mass is 16.7. The number of hydrogen-bond donors (Lipinski definition) is 2. The zero-order valence-corrected chi connectivity index (χ0v) is 16.1. The van der Waals surface area contributed by atoms with Gasteiger partial charge in [0.1, 0.15) is 0 Å². The number of ether oxygens (including phenoxy) is 3. The largest absolute Gasteiger partial charge is 0.477 e. The van der Waals surface area contributed by atoms with Gasteiger partial charge >= 0.3 is 0 Å². The van der Waals surface area contributed by atoms with Crippen LogP contribution in [0.5, 0.6) is 17.4 Å². The van der Waals surface area contributed by atoms with Crippen molar-refractivity contribution >= 4 is 5.96 Å². The number of fused-ring (bicyclic) bond motifs is 1. The summed E-state index contributed by atoms with van der Waals surface area (Å²) in [6, 6.07) is 9.87. The highest BCUT2D eigenvalue weighted by Crippen LogP contribution is 2.32. The summed E-state index contributed by atoms with van der Waals surface area (Å²) in [4.78, 5) is 9.01. The number of aromatic nitrogens is 1. The predicted octanol–water partition coefficient (Wildman–Crippen LogP) is 2.85. The van der Waals surface area contributed by atoms with Crippen LogP contribution in [-0.2, 0) is 13.1 Å². The Bertz CT molecular complexity index is 819. The maximum Gasteiger partial charge on any atom is 0.231 e. The van der Waals surface area contributed by atoms with E-state index >= 15 is 0 Å². The van der Waals surface area contributed by atoms with Gasteiger partial charge in [0.15, 0.2) is 17.5 Å². The fourth-order valence-electron chi connectivity index (χ4n) is 2.83. The van der Waals surface area contributed by atoms with Gasteiger partial charge in [0, 0.05) is 25.4 Å². The maximum absolute atomic E-state index is 5.68. The molecule has 4 rings (SSSR count). The van der Waals surface area contributed by atoms with Crippen molar-refractivity contribution in [2.45, 2.75) is 32.9 Å². The lowest BCUT2D eigenvalue weighted by Gasteiger charge is -2.12. The molecule has 0 bridgehead atoms. The van der Waals surface area contributed by atoms with Gasteiger partial charge in [-0.05, 0) is 48.9 Å². The van der Waals surface area contributed by atoms with Gasteiger partial charge < -0.3 is 24.8 Å². The Kier molecular flexibility index (Phi) is 5.80. The van der Waals surface area contributed by atoms with Crippen molar-refractivity contribution < 1.29 is 14.2 Å². The van der Waals surface area contributed by atoms with Gasteiger partial charge in [-0.2, -0.15) is 0 Å². The van der Waals surface area contributed by atoms with Crippen LogP contribution in [0.2, 0.25) is 0 Å². The van der Waals surface area contributed by atoms with Crippen LogP contribution < -0.4 is 24.8 Å². The van der Waals surface area contributed by atoms with Gasteiger partial charge in [-0.25, -0.2) is 9.98 Å². The van der Waals surface area contributed by atoms with E-state index < -0.39 is 0 Å². The molecule has 0 unspecified atom stereocenters. The summed E-state index contributed by atoms with van der Waals surface area (Å²) in [6.45, 7) is 5.10. The van der Waals surface area contributed by atoms with Crippen molar-refractivity contribution in [3.05, 3.63) is 47.7 Å². The number of nitrogens with one attached hydrogen (secondary N) is 2. The van der Waals surface area contributed by atoms with Crippen LogP contribution in [0.3, 0.4) is 0 Å². The fourth-order valence-corrected chi connectivity index (χ4v) is 2.83. The molecule has 2 aliphatic rings. The van der Waals surface area contributed by atoms with E-state index in [0.29, 0.717) is 19.0 Å². The third-order valence-corrected chi connectivity index (χ3v) is 4.62. The lowest BCUT2D eigenvalue weighted by atomic mass is 10.2. The van der Waals surface area contributed by atoms with E-state index in [1.807, 2.05) is 43.5 Å². The van der Waals surface area contributed by atoms with E-state index in [4.69, 9.17) is 14.2 Å². The Labute approximate surface area is 165 Å². The Morgan fingerprint density at radius 3 is 2.79 bits per heavy atom. The van der Waals surface area contributed by atoms with Gasteiger partial charge in [-0.3, -0.25) is 0 Å². The van der Waals surface area contributed by atoms with Crippen molar-refractivity contribution in [1.82, 2.24) is 15.6 Å². The van der Waals surface area contributed by atoms with E-state index in [1.54, 1.807) is 0 Å². The summed E-state index contributed by atoms with van der Waals surface area (Å²) in [5.41, 5.74) is 2.15. The monoisotopic (exact) mass is 382 g/mol. The first-order chi connectivity index (χ1) is 13.8. The Morgan fingerprint density at radius 2 is 2.00 bits per heavy atom. The van der Waals surface area contributed by atoms with Crippen LogP contribution >= 0.6 is 0 Å². The van der Waals surface area contributed by atoms with Gasteiger partial charge in [-0.1, -0.05) is 12.1 Å². The van der Waals surface area contributed by atoms with Crippen molar-refractivity contribution in [3.63, 3.8) is 0 Å². The molecule has 1 aromatic heterocycles. The van der Waals surface area contributed by atoms with E-state index in [9.17, 15) is 0 Å². The Morgan fingerprint density at radius 1 is 1.14 bits per heavy atom. The first kappa shape index (κ1) is 18.4. The van der Waals surface area contributed by atoms with Gasteiger partial charge in [-0.15, -0.1) is 0 Å². The van der Waals surface area contributed by atoms with E-state index in [1.165, 1.54) is 12.8 Å². The van der Waals surface area contributed by atoms with Crippen LogP contribution in [0.4, 0.5) is 0 Å². The number of aliphatic imine (C=N–C) groups is 1. The van der Waals surface area contributed by atoms with E-state index in [-0.39, 0.29) is 6.79 Å². The molecule has 1 fully saturated rings. The van der Waals surface area contributed by atoms with Gasteiger partial charge in [0.25, 0.3) is 0 Å². The van der Waals surface area contributed by atoms with Gasteiger partial charge in [0.05, 0.1) is 13.2 Å². The smallest absolute Gasteiger partial charge is 0.231 e. The minimum Gasteiger partial charge on any atom is -0.477 e. The molecule has 2 N–H and O–H groups in total. The molecule has 0 amide bonds. The summed E-state index contributed by atoms with van der Waals surface area (Å²) in [5.74, 6) is 3.75. The molecule has 0 spiro atoms. The molecule has 2 aromatic rings.